The van der Waals surface area contributed by atoms with Gasteiger partial charge in [0.25, 0.3) is 0 Å². The van der Waals surface area contributed by atoms with Gasteiger partial charge in [-0.3, -0.25) is 15.1 Å². The first kappa shape index (κ1) is 23.1. The number of benzene rings is 1. The van der Waals surface area contributed by atoms with Crippen molar-refractivity contribution in [2.45, 2.75) is 6.10 Å². The minimum atomic E-state index is 0.0413. The van der Waals surface area contributed by atoms with Gasteiger partial charge in [0.2, 0.25) is 0 Å². The van der Waals surface area contributed by atoms with Gasteiger partial charge in [-0.05, 0) is 19.2 Å². The molecule has 1 saturated heterocycles. The first-order valence-corrected chi connectivity index (χ1v) is 9.49. The molecular weight excluding hydrogens is 386 g/mol. The van der Waals surface area contributed by atoms with Crippen molar-refractivity contribution >= 4 is 5.82 Å². The van der Waals surface area contributed by atoms with E-state index >= 15 is 0 Å². The Morgan fingerprint density at radius 1 is 1.13 bits per heavy atom. The number of nitrogens with zero attached hydrogens (tertiary/aromatic N) is 3. The number of hydrogen-bond acceptors (Lipinski definition) is 9. The van der Waals surface area contributed by atoms with Crippen molar-refractivity contribution in [2.75, 3.05) is 46.2 Å². The molecule has 0 saturated carbocycles. The molecule has 6 N–H and O–H groups in total. The zero-order chi connectivity index (χ0) is 21.6. The number of anilines is 1. The molecule has 0 bridgehead atoms. The highest BCUT2D eigenvalue weighted by Crippen LogP contribution is 2.37. The molecule has 4 rings (SSSR count). The molecule has 0 amide bonds. The summed E-state index contributed by atoms with van der Waals surface area (Å²) in [6, 6.07) is 7.41. The van der Waals surface area contributed by atoms with Crippen LogP contribution in [0, 0.1) is 0 Å². The first-order chi connectivity index (χ1) is 14.8. The number of hydrogen-bond donors (Lipinski definition) is 4. The zero-order valence-electron chi connectivity index (χ0n) is 17.2. The van der Waals surface area contributed by atoms with Crippen molar-refractivity contribution in [3.63, 3.8) is 0 Å². The number of rotatable bonds is 5. The number of nitrogen functional groups attached to an aromatic ring is 1. The van der Waals surface area contributed by atoms with Gasteiger partial charge in [0.1, 0.15) is 30.0 Å². The molecule has 30 heavy (non-hydrogen) atoms. The largest absolute Gasteiger partial charge is 0.496 e. The molecule has 1 aromatic carbocycles. The third-order valence-electron chi connectivity index (χ3n) is 3.98. The minimum absolute atomic E-state index is 0.0413. The van der Waals surface area contributed by atoms with Crippen molar-refractivity contribution < 1.29 is 14.2 Å². The molecule has 3 heterocycles. The molecule has 1 aliphatic rings. The van der Waals surface area contributed by atoms with Crippen LogP contribution in [0.1, 0.15) is 0 Å². The maximum absolute atomic E-state index is 5.95. The maximum Gasteiger partial charge on any atom is 0.145 e. The Bertz CT molecular complexity index is 813. The number of methoxy groups -OCH3 is 1. The average molecular weight is 415 g/mol. The zero-order valence-corrected chi connectivity index (χ0v) is 17.2. The number of H-pyrrole nitrogens is 1. The van der Waals surface area contributed by atoms with Gasteiger partial charge in [-0.25, -0.2) is 0 Å². The summed E-state index contributed by atoms with van der Waals surface area (Å²) in [5, 5.41) is 10.1. The second-order valence-electron chi connectivity index (χ2n) is 5.94. The highest BCUT2D eigenvalue weighted by Gasteiger charge is 2.18. The third-order valence-corrected chi connectivity index (χ3v) is 3.98. The molecule has 1 fully saturated rings. The van der Waals surface area contributed by atoms with Gasteiger partial charge in [0, 0.05) is 43.9 Å². The topological polar surface area (TPSA) is 146 Å². The van der Waals surface area contributed by atoms with E-state index in [2.05, 4.69) is 31.2 Å². The molecule has 1 aliphatic heterocycles. The lowest BCUT2D eigenvalue weighted by Gasteiger charge is -2.24. The van der Waals surface area contributed by atoms with Crippen LogP contribution in [0.3, 0.4) is 0 Å². The summed E-state index contributed by atoms with van der Waals surface area (Å²) in [6.45, 7) is 2.84. The summed E-state index contributed by atoms with van der Waals surface area (Å²) in [5.74, 6) is 1.83. The molecule has 162 valence electrons. The summed E-state index contributed by atoms with van der Waals surface area (Å²) in [6.07, 6.45) is 6.60. The summed E-state index contributed by atoms with van der Waals surface area (Å²) in [4.78, 5) is 7.44. The lowest BCUT2D eigenvalue weighted by molar-refractivity contribution is 0.000280. The molecule has 1 atom stereocenters. The van der Waals surface area contributed by atoms with Gasteiger partial charge in [0.05, 0.1) is 25.0 Å². The van der Waals surface area contributed by atoms with Crippen LogP contribution in [0.5, 0.6) is 11.5 Å². The average Bonchev–Trinajstić information content (AvgIpc) is 3.26. The number of aromatic nitrogens is 4. The SMILES string of the molecule is CN.COc1cccc(OC[C@@H]2CNCCO2)c1-c1cc(N)n[nH]1.c1cnccn1. The number of nitrogens with one attached hydrogen (secondary N) is 2. The van der Waals surface area contributed by atoms with E-state index in [1.165, 1.54) is 7.05 Å². The summed E-state index contributed by atoms with van der Waals surface area (Å²) >= 11 is 0. The molecule has 3 aromatic rings. The quantitative estimate of drug-likeness (QED) is 0.481. The summed E-state index contributed by atoms with van der Waals surface area (Å²) < 4.78 is 17.0. The van der Waals surface area contributed by atoms with Gasteiger partial charge in [-0.15, -0.1) is 0 Å². The van der Waals surface area contributed by atoms with Crippen LogP contribution >= 0.6 is 0 Å². The molecular formula is C20H29N7O3. The predicted octanol–water partition coefficient (Wildman–Crippen LogP) is 1.09. The van der Waals surface area contributed by atoms with E-state index < -0.39 is 0 Å². The van der Waals surface area contributed by atoms with Crippen LogP contribution in [-0.4, -0.2) is 66.7 Å². The number of aromatic amines is 1. The fourth-order valence-corrected chi connectivity index (χ4v) is 2.69. The van der Waals surface area contributed by atoms with Crippen LogP contribution in [0.4, 0.5) is 5.82 Å². The molecule has 0 spiro atoms. The van der Waals surface area contributed by atoms with Gasteiger partial charge >= 0.3 is 0 Å². The smallest absolute Gasteiger partial charge is 0.145 e. The maximum atomic E-state index is 5.95. The van der Waals surface area contributed by atoms with Gasteiger partial charge in [0.15, 0.2) is 0 Å². The Morgan fingerprint density at radius 2 is 1.83 bits per heavy atom. The number of nitrogens with two attached hydrogens (primary N) is 2. The van der Waals surface area contributed by atoms with E-state index in [0.717, 1.165) is 24.3 Å². The lowest BCUT2D eigenvalue weighted by Crippen LogP contribution is -2.41. The number of ether oxygens (including phenoxy) is 3. The van der Waals surface area contributed by atoms with E-state index in [0.29, 0.717) is 30.5 Å². The van der Waals surface area contributed by atoms with Crippen molar-refractivity contribution in [3.8, 4) is 22.8 Å². The van der Waals surface area contributed by atoms with Crippen LogP contribution in [0.15, 0.2) is 49.1 Å². The Balaban J connectivity index is 0.000000340. The van der Waals surface area contributed by atoms with Gasteiger partial charge < -0.3 is 31.0 Å². The number of morpholine rings is 1. The second kappa shape index (κ2) is 13.1. The monoisotopic (exact) mass is 415 g/mol. The third kappa shape index (κ3) is 6.99. The Labute approximate surface area is 176 Å². The molecule has 0 aliphatic carbocycles. The van der Waals surface area contributed by atoms with Gasteiger partial charge in [-0.2, -0.15) is 5.10 Å². The Morgan fingerprint density at radius 3 is 2.37 bits per heavy atom. The van der Waals surface area contributed by atoms with Crippen molar-refractivity contribution in [2.24, 2.45) is 5.73 Å². The van der Waals surface area contributed by atoms with E-state index in [9.17, 15) is 0 Å². The van der Waals surface area contributed by atoms with Crippen molar-refractivity contribution in [1.82, 2.24) is 25.5 Å². The van der Waals surface area contributed by atoms with Crippen LogP contribution < -0.4 is 26.3 Å². The van der Waals surface area contributed by atoms with Crippen molar-refractivity contribution in [1.29, 1.82) is 0 Å². The van der Waals surface area contributed by atoms with Crippen LogP contribution in [0.2, 0.25) is 0 Å². The highest BCUT2D eigenvalue weighted by atomic mass is 16.5. The Hall–Kier alpha value is -3.21. The second-order valence-corrected chi connectivity index (χ2v) is 5.94. The first-order valence-electron chi connectivity index (χ1n) is 9.49. The predicted molar refractivity (Wildman–Crippen MR) is 115 cm³/mol. The van der Waals surface area contributed by atoms with E-state index in [1.54, 1.807) is 38.0 Å². The van der Waals surface area contributed by atoms with E-state index in [4.69, 9.17) is 19.9 Å². The lowest BCUT2D eigenvalue weighted by atomic mass is 10.1. The summed E-state index contributed by atoms with van der Waals surface area (Å²) in [7, 11) is 3.12. The molecule has 10 heteroatoms. The van der Waals surface area contributed by atoms with E-state index in [-0.39, 0.29) is 6.10 Å². The molecule has 0 unspecified atom stereocenters. The molecule has 10 nitrogen and oxygen atoms in total. The minimum Gasteiger partial charge on any atom is -0.496 e. The van der Waals surface area contributed by atoms with E-state index in [1.807, 2.05) is 18.2 Å². The highest BCUT2D eigenvalue weighted by molar-refractivity contribution is 5.75. The van der Waals surface area contributed by atoms with Crippen molar-refractivity contribution in [3.05, 3.63) is 49.1 Å². The summed E-state index contributed by atoms with van der Waals surface area (Å²) in [5.41, 5.74) is 11.8. The van der Waals surface area contributed by atoms with Gasteiger partial charge in [-0.1, -0.05) is 6.07 Å². The molecule has 2 aromatic heterocycles. The van der Waals surface area contributed by atoms with Crippen LogP contribution in [0.25, 0.3) is 11.3 Å². The fraction of sp³-hybridized carbons (Fsp3) is 0.350. The fourth-order valence-electron chi connectivity index (χ4n) is 2.69. The standard InChI is InChI=1S/C15H20N4O3.C4H4N2.CH5N/c1-20-12-3-2-4-13(15(12)11-7-14(16)19-18-11)22-9-10-8-17-5-6-21-10;1-2-6-4-3-5-1;1-2/h2-4,7,10,17H,5-6,8-9H2,1H3,(H3,16,18,19);1-4H;2H2,1H3/t10-;;/m0../s1. The Kier molecular flexibility index (Phi) is 10.1. The molecule has 0 radical (unpaired) electrons. The van der Waals surface area contributed by atoms with Crippen LogP contribution in [-0.2, 0) is 4.74 Å². The normalized spacial score (nSPS) is 15.1.